The highest BCUT2D eigenvalue weighted by Crippen LogP contribution is 2.18. The number of Topliss-reactive ketones (excluding diaryl/α,β-unsaturated/α-hetero) is 1. The number of hydrogen-bond acceptors (Lipinski definition) is 5. The first kappa shape index (κ1) is 13.2. The molecule has 2 aromatic heterocycles. The Morgan fingerprint density at radius 1 is 1.37 bits per heavy atom. The van der Waals surface area contributed by atoms with Gasteiger partial charge in [0.2, 0.25) is 0 Å². The first-order chi connectivity index (χ1) is 8.97. The van der Waals surface area contributed by atoms with Crippen LogP contribution in [0.3, 0.4) is 0 Å². The molecule has 0 N–H and O–H groups in total. The summed E-state index contributed by atoms with van der Waals surface area (Å²) in [6, 6.07) is 0. The predicted octanol–water partition coefficient (Wildman–Crippen LogP) is 1.73. The summed E-state index contributed by atoms with van der Waals surface area (Å²) in [6.07, 6.45) is 1.47. The first-order valence-electron chi connectivity index (χ1n) is 6.00. The number of fused-ring (bicyclic) bond motifs is 1. The SMILES string of the molecule is CCOC(=O)c1c(C)nn2c(C)c(C(C)=O)cnc12. The molecule has 0 aromatic carbocycles. The molecule has 0 atom stereocenters. The van der Waals surface area contributed by atoms with Crippen LogP contribution in [0, 0.1) is 13.8 Å². The molecule has 0 saturated heterocycles. The Hall–Kier alpha value is -2.24. The zero-order valence-electron chi connectivity index (χ0n) is 11.4. The van der Waals surface area contributed by atoms with Crippen molar-refractivity contribution in [2.24, 2.45) is 0 Å². The van der Waals surface area contributed by atoms with Crippen molar-refractivity contribution in [3.63, 3.8) is 0 Å². The highest BCUT2D eigenvalue weighted by atomic mass is 16.5. The maximum atomic E-state index is 11.9. The third-order valence-corrected chi connectivity index (χ3v) is 2.92. The van der Waals surface area contributed by atoms with Gasteiger partial charge in [0, 0.05) is 6.20 Å². The van der Waals surface area contributed by atoms with Gasteiger partial charge < -0.3 is 4.74 Å². The van der Waals surface area contributed by atoms with Crippen LogP contribution in [-0.2, 0) is 4.74 Å². The number of esters is 1. The molecule has 100 valence electrons. The van der Waals surface area contributed by atoms with Crippen LogP contribution in [0.5, 0.6) is 0 Å². The van der Waals surface area contributed by atoms with Crippen LogP contribution < -0.4 is 0 Å². The van der Waals surface area contributed by atoms with Crippen LogP contribution in [0.4, 0.5) is 0 Å². The molecule has 19 heavy (non-hydrogen) atoms. The normalized spacial score (nSPS) is 10.7. The van der Waals surface area contributed by atoms with E-state index in [0.29, 0.717) is 34.8 Å². The lowest BCUT2D eigenvalue weighted by molar-refractivity contribution is 0.0527. The number of rotatable bonds is 3. The number of aryl methyl sites for hydroxylation is 2. The molecule has 0 aliphatic heterocycles. The average molecular weight is 261 g/mol. The number of aromatic nitrogens is 3. The van der Waals surface area contributed by atoms with Crippen molar-refractivity contribution in [3.05, 3.63) is 28.7 Å². The van der Waals surface area contributed by atoms with Crippen molar-refractivity contribution >= 4 is 17.4 Å². The van der Waals surface area contributed by atoms with Gasteiger partial charge in [-0.3, -0.25) is 4.79 Å². The van der Waals surface area contributed by atoms with Crippen LogP contribution in [0.2, 0.25) is 0 Å². The van der Waals surface area contributed by atoms with Gasteiger partial charge in [-0.25, -0.2) is 14.3 Å². The summed E-state index contributed by atoms with van der Waals surface area (Å²) in [4.78, 5) is 27.5. The van der Waals surface area contributed by atoms with Crippen LogP contribution in [0.1, 0.15) is 46.0 Å². The molecule has 0 aliphatic rings. The Kier molecular flexibility index (Phi) is 3.33. The summed E-state index contributed by atoms with van der Waals surface area (Å²) in [7, 11) is 0. The number of ketones is 1. The third-order valence-electron chi connectivity index (χ3n) is 2.92. The molecular weight excluding hydrogens is 246 g/mol. The minimum Gasteiger partial charge on any atom is -0.462 e. The van der Waals surface area contributed by atoms with Crippen LogP contribution in [0.15, 0.2) is 6.20 Å². The maximum absolute atomic E-state index is 11.9. The van der Waals surface area contributed by atoms with Gasteiger partial charge in [0.1, 0.15) is 5.56 Å². The van der Waals surface area contributed by atoms with Crippen molar-refractivity contribution in [3.8, 4) is 0 Å². The number of hydrogen-bond donors (Lipinski definition) is 0. The zero-order valence-corrected chi connectivity index (χ0v) is 11.4. The van der Waals surface area contributed by atoms with Gasteiger partial charge in [-0.05, 0) is 27.7 Å². The summed E-state index contributed by atoms with van der Waals surface area (Å²) < 4.78 is 6.51. The lowest BCUT2D eigenvalue weighted by Crippen LogP contribution is -2.08. The van der Waals surface area contributed by atoms with E-state index in [4.69, 9.17) is 4.74 Å². The smallest absolute Gasteiger partial charge is 0.343 e. The second-order valence-electron chi connectivity index (χ2n) is 4.23. The van der Waals surface area contributed by atoms with Crippen molar-refractivity contribution < 1.29 is 14.3 Å². The predicted molar refractivity (Wildman–Crippen MR) is 68.4 cm³/mol. The van der Waals surface area contributed by atoms with Gasteiger partial charge in [0.15, 0.2) is 11.4 Å². The quantitative estimate of drug-likeness (QED) is 0.621. The van der Waals surface area contributed by atoms with E-state index in [-0.39, 0.29) is 5.78 Å². The van der Waals surface area contributed by atoms with Gasteiger partial charge in [-0.2, -0.15) is 5.10 Å². The molecule has 0 aliphatic carbocycles. The third kappa shape index (κ3) is 2.09. The van der Waals surface area contributed by atoms with Gasteiger partial charge in [0.05, 0.1) is 23.6 Å². The van der Waals surface area contributed by atoms with Crippen molar-refractivity contribution in [2.45, 2.75) is 27.7 Å². The molecule has 6 heteroatoms. The zero-order chi connectivity index (χ0) is 14.2. The number of ether oxygens (including phenoxy) is 1. The van der Waals surface area contributed by atoms with E-state index in [0.717, 1.165) is 0 Å². The molecule has 6 nitrogen and oxygen atoms in total. The molecule has 0 spiro atoms. The monoisotopic (exact) mass is 261 g/mol. The topological polar surface area (TPSA) is 73.6 Å². The minimum atomic E-state index is -0.447. The molecule has 0 bridgehead atoms. The highest BCUT2D eigenvalue weighted by Gasteiger charge is 2.21. The summed E-state index contributed by atoms with van der Waals surface area (Å²) in [5.74, 6) is -0.532. The maximum Gasteiger partial charge on any atom is 0.343 e. The summed E-state index contributed by atoms with van der Waals surface area (Å²) >= 11 is 0. The summed E-state index contributed by atoms with van der Waals surface area (Å²) in [5.41, 5.74) is 2.45. The Labute approximate surface area is 110 Å². The fraction of sp³-hybridized carbons (Fsp3) is 0.385. The van der Waals surface area contributed by atoms with Crippen molar-refractivity contribution in [1.82, 2.24) is 14.6 Å². The van der Waals surface area contributed by atoms with E-state index in [1.807, 2.05) is 0 Å². The number of carbonyl (C=O) groups is 2. The molecule has 2 aromatic rings. The van der Waals surface area contributed by atoms with Gasteiger partial charge in [-0.15, -0.1) is 0 Å². The molecule has 0 unspecified atom stereocenters. The summed E-state index contributed by atoms with van der Waals surface area (Å²) in [6.45, 7) is 6.99. The first-order valence-corrected chi connectivity index (χ1v) is 6.00. The second kappa shape index (κ2) is 4.79. The Balaban J connectivity index is 2.70. The Morgan fingerprint density at radius 2 is 2.05 bits per heavy atom. The van der Waals surface area contributed by atoms with E-state index in [9.17, 15) is 9.59 Å². The van der Waals surface area contributed by atoms with Gasteiger partial charge in [-0.1, -0.05) is 0 Å². The molecule has 0 saturated carbocycles. The van der Waals surface area contributed by atoms with Crippen LogP contribution in [0.25, 0.3) is 5.65 Å². The van der Waals surface area contributed by atoms with E-state index in [2.05, 4.69) is 10.1 Å². The highest BCUT2D eigenvalue weighted by molar-refractivity contribution is 5.98. The lowest BCUT2D eigenvalue weighted by Gasteiger charge is -2.04. The number of nitrogens with zero attached hydrogens (tertiary/aromatic N) is 3. The van der Waals surface area contributed by atoms with Crippen LogP contribution >= 0.6 is 0 Å². The van der Waals surface area contributed by atoms with E-state index >= 15 is 0 Å². The molecule has 2 rings (SSSR count). The fourth-order valence-electron chi connectivity index (χ4n) is 1.99. The molecule has 0 amide bonds. The summed E-state index contributed by atoms with van der Waals surface area (Å²) in [5, 5.41) is 4.26. The lowest BCUT2D eigenvalue weighted by atomic mass is 10.2. The molecule has 2 heterocycles. The fourth-order valence-corrected chi connectivity index (χ4v) is 1.99. The van der Waals surface area contributed by atoms with Gasteiger partial charge in [0.25, 0.3) is 0 Å². The minimum absolute atomic E-state index is 0.0854. The van der Waals surface area contributed by atoms with Gasteiger partial charge >= 0.3 is 5.97 Å². The molecule has 0 fully saturated rings. The Bertz CT molecular complexity index is 673. The van der Waals surface area contributed by atoms with Crippen molar-refractivity contribution in [2.75, 3.05) is 6.61 Å². The number of carbonyl (C=O) groups excluding carboxylic acids is 2. The van der Waals surface area contributed by atoms with Crippen molar-refractivity contribution in [1.29, 1.82) is 0 Å². The largest absolute Gasteiger partial charge is 0.462 e. The van der Waals surface area contributed by atoms with E-state index < -0.39 is 5.97 Å². The van der Waals surface area contributed by atoms with E-state index in [1.165, 1.54) is 17.6 Å². The average Bonchev–Trinajstić information content (AvgIpc) is 2.66. The Morgan fingerprint density at radius 3 is 2.63 bits per heavy atom. The second-order valence-corrected chi connectivity index (χ2v) is 4.23. The standard InChI is InChI=1S/C13H15N3O3/c1-5-19-13(18)11-7(2)15-16-8(3)10(9(4)17)6-14-12(11)16/h6H,5H2,1-4H3. The molecular formula is C13H15N3O3. The van der Waals surface area contributed by atoms with Crippen LogP contribution in [-0.4, -0.2) is 33.0 Å². The molecule has 0 radical (unpaired) electrons. The van der Waals surface area contributed by atoms with E-state index in [1.54, 1.807) is 20.8 Å².